The molecule has 0 aromatic carbocycles. The van der Waals surface area contributed by atoms with Crippen molar-refractivity contribution in [3.63, 3.8) is 0 Å². The van der Waals surface area contributed by atoms with E-state index in [0.717, 1.165) is 25.3 Å². The van der Waals surface area contributed by atoms with Crippen LogP contribution in [-0.4, -0.2) is 30.1 Å². The second-order valence-electron chi connectivity index (χ2n) is 5.26. The summed E-state index contributed by atoms with van der Waals surface area (Å²) >= 11 is 2.03. The van der Waals surface area contributed by atoms with Gasteiger partial charge in [0.05, 0.1) is 0 Å². The van der Waals surface area contributed by atoms with E-state index in [0.29, 0.717) is 5.41 Å². The number of thioether (sulfide) groups is 1. The van der Waals surface area contributed by atoms with Crippen LogP contribution in [-0.2, 0) is 0 Å². The highest BCUT2D eigenvalue weighted by Crippen LogP contribution is 2.41. The Labute approximate surface area is 104 Å². The normalized spacial score (nSPS) is 29.8. The Bertz CT molecular complexity index is 238. The van der Waals surface area contributed by atoms with Gasteiger partial charge in [-0.05, 0) is 37.5 Å². The Balaban J connectivity index is 2.59. The van der Waals surface area contributed by atoms with Gasteiger partial charge in [0.25, 0.3) is 0 Å². The van der Waals surface area contributed by atoms with Crippen LogP contribution in [0.3, 0.4) is 0 Å². The number of hydrogen-bond acceptors (Lipinski definition) is 3. The lowest BCUT2D eigenvalue weighted by Crippen LogP contribution is -2.64. The van der Waals surface area contributed by atoms with Crippen molar-refractivity contribution in [2.45, 2.75) is 39.2 Å². The monoisotopic (exact) mass is 242 g/mol. The van der Waals surface area contributed by atoms with Gasteiger partial charge >= 0.3 is 0 Å². The summed E-state index contributed by atoms with van der Waals surface area (Å²) in [4.78, 5) is 0. The molecule has 0 aromatic heterocycles. The average molecular weight is 242 g/mol. The lowest BCUT2D eigenvalue weighted by molar-refractivity contribution is 0.138. The molecular weight excluding hydrogens is 216 g/mol. The fourth-order valence-corrected chi connectivity index (χ4v) is 4.03. The van der Waals surface area contributed by atoms with E-state index in [9.17, 15) is 0 Å². The van der Waals surface area contributed by atoms with E-state index in [4.69, 9.17) is 5.73 Å². The predicted molar refractivity (Wildman–Crippen MR) is 74.9 cm³/mol. The van der Waals surface area contributed by atoms with Crippen LogP contribution in [0.25, 0.3) is 0 Å². The van der Waals surface area contributed by atoms with Crippen molar-refractivity contribution in [2.24, 2.45) is 11.1 Å². The van der Waals surface area contributed by atoms with Gasteiger partial charge in [-0.3, -0.25) is 0 Å². The molecule has 1 heterocycles. The van der Waals surface area contributed by atoms with Gasteiger partial charge in [0.2, 0.25) is 0 Å². The Hall–Kier alpha value is 0.0100. The van der Waals surface area contributed by atoms with Crippen LogP contribution in [0.4, 0.5) is 0 Å². The van der Waals surface area contributed by atoms with Crippen LogP contribution >= 0.6 is 11.8 Å². The molecule has 1 aliphatic heterocycles. The second-order valence-corrected chi connectivity index (χ2v) is 6.36. The zero-order valence-corrected chi connectivity index (χ0v) is 11.7. The summed E-state index contributed by atoms with van der Waals surface area (Å²) in [5.74, 6) is 2.41. The summed E-state index contributed by atoms with van der Waals surface area (Å²) in [6.07, 6.45) is 6.67. The van der Waals surface area contributed by atoms with E-state index in [1.165, 1.54) is 12.2 Å². The van der Waals surface area contributed by atoms with E-state index < -0.39 is 0 Å². The smallest absolute Gasteiger partial charge is 0.0447 e. The van der Waals surface area contributed by atoms with E-state index in [1.807, 2.05) is 11.8 Å². The zero-order valence-electron chi connectivity index (χ0n) is 10.9. The molecule has 1 atom stereocenters. The molecule has 3 N–H and O–H groups in total. The van der Waals surface area contributed by atoms with Gasteiger partial charge in [0, 0.05) is 17.8 Å². The first-order valence-electron chi connectivity index (χ1n) is 6.22. The summed E-state index contributed by atoms with van der Waals surface area (Å²) < 4.78 is 0. The molecule has 94 valence electrons. The number of nitrogens with one attached hydrogen (secondary N) is 1. The minimum Gasteiger partial charge on any atom is -0.329 e. The zero-order chi connectivity index (χ0) is 12.1. The molecule has 1 saturated heterocycles. The SMILES string of the molecule is C/C=C/CCNC1(CN)CSCCC1(C)C. The standard InChI is InChI=1S/C13H26N2S/c1-4-5-6-8-15-13(10-14)11-16-9-7-12(13,2)3/h4-5,15H,6-11,14H2,1-3H3/b5-4+. The van der Waals surface area contributed by atoms with Crippen LogP contribution in [0.5, 0.6) is 0 Å². The van der Waals surface area contributed by atoms with Gasteiger partial charge in [-0.25, -0.2) is 0 Å². The van der Waals surface area contributed by atoms with Crippen molar-refractivity contribution < 1.29 is 0 Å². The molecule has 1 unspecified atom stereocenters. The van der Waals surface area contributed by atoms with Crippen LogP contribution in [0.15, 0.2) is 12.2 Å². The summed E-state index contributed by atoms with van der Waals surface area (Å²) in [5.41, 5.74) is 6.47. The molecule has 0 amide bonds. The molecule has 0 aliphatic carbocycles. The molecule has 0 spiro atoms. The fraction of sp³-hybridized carbons (Fsp3) is 0.846. The lowest BCUT2D eigenvalue weighted by Gasteiger charge is -2.50. The van der Waals surface area contributed by atoms with Crippen LogP contribution in [0.1, 0.15) is 33.6 Å². The fourth-order valence-electron chi connectivity index (χ4n) is 2.27. The van der Waals surface area contributed by atoms with Gasteiger partial charge in [0.15, 0.2) is 0 Å². The molecule has 3 heteroatoms. The quantitative estimate of drug-likeness (QED) is 0.574. The van der Waals surface area contributed by atoms with Crippen LogP contribution in [0, 0.1) is 5.41 Å². The van der Waals surface area contributed by atoms with Crippen molar-refractivity contribution in [2.75, 3.05) is 24.6 Å². The molecule has 2 nitrogen and oxygen atoms in total. The largest absolute Gasteiger partial charge is 0.329 e. The minimum atomic E-state index is 0.123. The topological polar surface area (TPSA) is 38.0 Å². The van der Waals surface area contributed by atoms with E-state index >= 15 is 0 Å². The van der Waals surface area contributed by atoms with E-state index in [1.54, 1.807) is 0 Å². The summed E-state index contributed by atoms with van der Waals surface area (Å²) in [5, 5.41) is 3.71. The highest BCUT2D eigenvalue weighted by molar-refractivity contribution is 7.99. The first kappa shape index (κ1) is 14.1. The molecule has 1 rings (SSSR count). The Morgan fingerprint density at radius 2 is 2.19 bits per heavy atom. The van der Waals surface area contributed by atoms with Gasteiger partial charge in [-0.15, -0.1) is 0 Å². The third kappa shape index (κ3) is 3.02. The van der Waals surface area contributed by atoms with Gasteiger partial charge in [-0.1, -0.05) is 26.0 Å². The second kappa shape index (κ2) is 6.08. The number of nitrogens with two attached hydrogens (primary N) is 1. The molecule has 1 fully saturated rings. The molecule has 0 bridgehead atoms. The van der Waals surface area contributed by atoms with Crippen molar-refractivity contribution in [1.82, 2.24) is 5.32 Å². The Morgan fingerprint density at radius 3 is 2.75 bits per heavy atom. The summed E-state index contributed by atoms with van der Waals surface area (Å²) in [7, 11) is 0. The first-order valence-corrected chi connectivity index (χ1v) is 7.37. The van der Waals surface area contributed by atoms with Crippen LogP contribution < -0.4 is 11.1 Å². The number of hydrogen-bond donors (Lipinski definition) is 2. The maximum atomic E-state index is 6.03. The van der Waals surface area contributed by atoms with E-state index in [2.05, 4.69) is 38.2 Å². The first-order chi connectivity index (χ1) is 7.58. The Morgan fingerprint density at radius 1 is 1.44 bits per heavy atom. The number of allylic oxidation sites excluding steroid dienone is 1. The maximum absolute atomic E-state index is 6.03. The Kier molecular flexibility index (Phi) is 5.35. The average Bonchev–Trinajstić information content (AvgIpc) is 2.26. The van der Waals surface area contributed by atoms with Gasteiger partial charge < -0.3 is 11.1 Å². The summed E-state index contributed by atoms with van der Waals surface area (Å²) in [6.45, 7) is 8.54. The molecule has 1 aliphatic rings. The molecule has 0 radical (unpaired) electrons. The molecule has 16 heavy (non-hydrogen) atoms. The third-order valence-electron chi connectivity index (χ3n) is 3.87. The highest BCUT2D eigenvalue weighted by Gasteiger charge is 2.45. The van der Waals surface area contributed by atoms with Crippen molar-refractivity contribution in [3.05, 3.63) is 12.2 Å². The molecule has 0 aromatic rings. The van der Waals surface area contributed by atoms with Crippen molar-refractivity contribution >= 4 is 11.8 Å². The third-order valence-corrected chi connectivity index (χ3v) is 5.06. The highest BCUT2D eigenvalue weighted by atomic mass is 32.2. The van der Waals surface area contributed by atoms with Crippen molar-refractivity contribution in [1.29, 1.82) is 0 Å². The van der Waals surface area contributed by atoms with Crippen molar-refractivity contribution in [3.8, 4) is 0 Å². The van der Waals surface area contributed by atoms with Gasteiger partial charge in [-0.2, -0.15) is 11.8 Å². The maximum Gasteiger partial charge on any atom is 0.0447 e. The molecule has 0 saturated carbocycles. The minimum absolute atomic E-state index is 0.123. The molecular formula is C13H26N2S. The van der Waals surface area contributed by atoms with Crippen LogP contribution in [0.2, 0.25) is 0 Å². The summed E-state index contributed by atoms with van der Waals surface area (Å²) in [6, 6.07) is 0. The number of rotatable bonds is 5. The van der Waals surface area contributed by atoms with E-state index in [-0.39, 0.29) is 5.54 Å². The lowest BCUT2D eigenvalue weighted by atomic mass is 9.70. The predicted octanol–water partition coefficient (Wildman–Crippen LogP) is 2.40. The van der Waals surface area contributed by atoms with Gasteiger partial charge in [0.1, 0.15) is 0 Å².